The molecule has 1 aliphatic rings. The van der Waals surface area contributed by atoms with Crippen molar-refractivity contribution in [3.8, 4) is 0 Å². The first-order chi connectivity index (χ1) is 9.95. The molecule has 1 aromatic carbocycles. The van der Waals surface area contributed by atoms with Crippen molar-refractivity contribution in [2.45, 2.75) is 32.2 Å². The summed E-state index contributed by atoms with van der Waals surface area (Å²) in [4.78, 5) is 36.6. The van der Waals surface area contributed by atoms with Crippen molar-refractivity contribution >= 4 is 23.4 Å². The van der Waals surface area contributed by atoms with Crippen LogP contribution in [0, 0.1) is 0 Å². The standard InChI is InChI=1S/C15H19N3O3/c1-3-4-5-12(16)13(19)17-9-6-7-10-11(8-9)15(21)18(2)14(10)20/h6-8,12H,3-5,16H2,1-2H3,(H,17,19). The Kier molecular flexibility index (Phi) is 4.37. The molecule has 1 heterocycles. The van der Waals surface area contributed by atoms with Crippen LogP contribution in [0.2, 0.25) is 0 Å². The minimum atomic E-state index is -0.571. The molecule has 0 fully saturated rings. The summed E-state index contributed by atoms with van der Waals surface area (Å²) in [5.41, 5.74) is 6.93. The molecule has 21 heavy (non-hydrogen) atoms. The zero-order chi connectivity index (χ0) is 15.6. The van der Waals surface area contributed by atoms with Gasteiger partial charge in [0.1, 0.15) is 0 Å². The van der Waals surface area contributed by atoms with Gasteiger partial charge in [-0.1, -0.05) is 19.8 Å². The minimum Gasteiger partial charge on any atom is -0.325 e. The summed E-state index contributed by atoms with van der Waals surface area (Å²) in [6.07, 6.45) is 2.48. The molecule has 2 rings (SSSR count). The Morgan fingerprint density at radius 2 is 1.95 bits per heavy atom. The Hall–Kier alpha value is -2.21. The SMILES string of the molecule is CCCCC(N)C(=O)Nc1ccc2c(c1)C(=O)N(C)C2=O. The summed E-state index contributed by atoms with van der Waals surface area (Å²) >= 11 is 0. The second-order valence-corrected chi connectivity index (χ2v) is 5.17. The summed E-state index contributed by atoms with van der Waals surface area (Å²) in [7, 11) is 1.43. The number of unbranched alkanes of at least 4 members (excludes halogenated alkanes) is 1. The van der Waals surface area contributed by atoms with Crippen LogP contribution in [0.25, 0.3) is 0 Å². The highest BCUT2D eigenvalue weighted by molar-refractivity contribution is 6.21. The highest BCUT2D eigenvalue weighted by Gasteiger charge is 2.32. The van der Waals surface area contributed by atoms with Gasteiger partial charge >= 0.3 is 0 Å². The molecule has 3 N–H and O–H groups in total. The van der Waals surface area contributed by atoms with Gasteiger partial charge in [-0.25, -0.2) is 0 Å². The summed E-state index contributed by atoms with van der Waals surface area (Å²) in [6.45, 7) is 2.03. The van der Waals surface area contributed by atoms with Gasteiger partial charge in [-0.3, -0.25) is 19.3 Å². The molecule has 0 spiro atoms. The third-order valence-corrected chi connectivity index (χ3v) is 3.56. The van der Waals surface area contributed by atoms with Crippen LogP contribution in [0.15, 0.2) is 18.2 Å². The fraction of sp³-hybridized carbons (Fsp3) is 0.400. The van der Waals surface area contributed by atoms with E-state index in [0.29, 0.717) is 23.2 Å². The lowest BCUT2D eigenvalue weighted by Gasteiger charge is -2.12. The van der Waals surface area contributed by atoms with Gasteiger partial charge in [0.25, 0.3) is 11.8 Å². The third kappa shape index (κ3) is 2.95. The number of anilines is 1. The second-order valence-electron chi connectivity index (χ2n) is 5.17. The number of carbonyl (C=O) groups is 3. The quantitative estimate of drug-likeness (QED) is 0.801. The van der Waals surface area contributed by atoms with Crippen molar-refractivity contribution in [1.29, 1.82) is 0 Å². The first-order valence-corrected chi connectivity index (χ1v) is 6.98. The van der Waals surface area contributed by atoms with Gasteiger partial charge in [0.05, 0.1) is 17.2 Å². The van der Waals surface area contributed by atoms with E-state index in [1.54, 1.807) is 12.1 Å². The van der Waals surface area contributed by atoms with Gasteiger partial charge in [-0.2, -0.15) is 0 Å². The summed E-state index contributed by atoms with van der Waals surface area (Å²) in [6, 6.07) is 4.10. The zero-order valence-corrected chi connectivity index (χ0v) is 12.2. The minimum absolute atomic E-state index is 0.284. The van der Waals surface area contributed by atoms with Crippen LogP contribution < -0.4 is 11.1 Å². The molecule has 0 aromatic heterocycles. The Labute approximate surface area is 123 Å². The van der Waals surface area contributed by atoms with Gasteiger partial charge in [-0.15, -0.1) is 0 Å². The molecule has 1 aliphatic heterocycles. The highest BCUT2D eigenvalue weighted by Crippen LogP contribution is 2.24. The predicted octanol–water partition coefficient (Wildman–Crippen LogP) is 1.37. The Morgan fingerprint density at radius 1 is 1.29 bits per heavy atom. The average Bonchev–Trinajstić information content (AvgIpc) is 2.69. The number of fused-ring (bicyclic) bond motifs is 1. The van der Waals surface area contributed by atoms with Crippen LogP contribution in [-0.4, -0.2) is 35.7 Å². The van der Waals surface area contributed by atoms with Crippen LogP contribution >= 0.6 is 0 Å². The lowest BCUT2D eigenvalue weighted by Crippen LogP contribution is -2.35. The topological polar surface area (TPSA) is 92.5 Å². The van der Waals surface area contributed by atoms with E-state index in [0.717, 1.165) is 17.7 Å². The van der Waals surface area contributed by atoms with Crippen molar-refractivity contribution in [2.24, 2.45) is 5.73 Å². The normalized spacial score (nSPS) is 15.1. The van der Waals surface area contributed by atoms with Crippen LogP contribution in [0.1, 0.15) is 46.9 Å². The van der Waals surface area contributed by atoms with Gasteiger partial charge in [0.15, 0.2) is 0 Å². The largest absolute Gasteiger partial charge is 0.325 e. The van der Waals surface area contributed by atoms with Crippen LogP contribution in [-0.2, 0) is 4.79 Å². The highest BCUT2D eigenvalue weighted by atomic mass is 16.2. The number of rotatable bonds is 5. The fourth-order valence-corrected chi connectivity index (χ4v) is 2.23. The number of nitrogens with zero attached hydrogens (tertiary/aromatic N) is 1. The molecule has 6 heteroatoms. The fourth-order valence-electron chi connectivity index (χ4n) is 2.23. The smallest absolute Gasteiger partial charge is 0.261 e. The number of nitrogens with one attached hydrogen (secondary N) is 1. The number of benzene rings is 1. The molecule has 0 saturated carbocycles. The van der Waals surface area contributed by atoms with Gasteiger partial charge < -0.3 is 11.1 Å². The first-order valence-electron chi connectivity index (χ1n) is 6.98. The van der Waals surface area contributed by atoms with E-state index in [-0.39, 0.29) is 17.7 Å². The maximum Gasteiger partial charge on any atom is 0.261 e. The maximum absolute atomic E-state index is 11.9. The molecule has 3 amide bonds. The molecule has 1 unspecified atom stereocenters. The van der Waals surface area contributed by atoms with E-state index >= 15 is 0 Å². The molecule has 1 aromatic rings. The van der Waals surface area contributed by atoms with Crippen molar-refractivity contribution in [2.75, 3.05) is 12.4 Å². The lowest BCUT2D eigenvalue weighted by molar-refractivity contribution is -0.117. The molecule has 112 valence electrons. The average molecular weight is 289 g/mol. The van der Waals surface area contributed by atoms with Gasteiger partial charge in [-0.05, 0) is 24.6 Å². The van der Waals surface area contributed by atoms with E-state index in [9.17, 15) is 14.4 Å². The molecular weight excluding hydrogens is 270 g/mol. The number of carbonyl (C=O) groups excluding carboxylic acids is 3. The number of nitrogens with two attached hydrogens (primary N) is 1. The molecule has 0 aliphatic carbocycles. The van der Waals surface area contributed by atoms with Crippen LogP contribution in [0.3, 0.4) is 0 Å². The van der Waals surface area contributed by atoms with Crippen molar-refractivity contribution < 1.29 is 14.4 Å². The molecular formula is C15H19N3O3. The molecule has 0 saturated heterocycles. The van der Waals surface area contributed by atoms with Crippen molar-refractivity contribution in [3.05, 3.63) is 29.3 Å². The Bertz CT molecular complexity index is 598. The first kappa shape index (κ1) is 15.2. The van der Waals surface area contributed by atoms with E-state index in [1.165, 1.54) is 13.1 Å². The zero-order valence-electron chi connectivity index (χ0n) is 12.2. The maximum atomic E-state index is 11.9. The van der Waals surface area contributed by atoms with E-state index in [1.807, 2.05) is 6.92 Å². The van der Waals surface area contributed by atoms with Crippen molar-refractivity contribution in [3.63, 3.8) is 0 Å². The van der Waals surface area contributed by atoms with Crippen LogP contribution in [0.4, 0.5) is 5.69 Å². The van der Waals surface area contributed by atoms with Gasteiger partial charge in [0.2, 0.25) is 5.91 Å². The summed E-state index contributed by atoms with van der Waals surface area (Å²) in [5, 5.41) is 2.68. The van der Waals surface area contributed by atoms with Gasteiger partial charge in [0, 0.05) is 12.7 Å². The Morgan fingerprint density at radius 3 is 2.62 bits per heavy atom. The van der Waals surface area contributed by atoms with E-state index in [4.69, 9.17) is 5.73 Å². The van der Waals surface area contributed by atoms with E-state index < -0.39 is 6.04 Å². The monoisotopic (exact) mass is 289 g/mol. The number of hydrogen-bond donors (Lipinski definition) is 2. The third-order valence-electron chi connectivity index (χ3n) is 3.56. The number of imide groups is 1. The van der Waals surface area contributed by atoms with E-state index in [2.05, 4.69) is 5.32 Å². The second kappa shape index (κ2) is 6.05. The molecule has 1 atom stereocenters. The molecule has 0 radical (unpaired) electrons. The molecule has 0 bridgehead atoms. The van der Waals surface area contributed by atoms with Crippen molar-refractivity contribution in [1.82, 2.24) is 4.90 Å². The molecule has 6 nitrogen and oxygen atoms in total. The predicted molar refractivity (Wildman–Crippen MR) is 79.0 cm³/mol. The number of amides is 3. The summed E-state index contributed by atoms with van der Waals surface area (Å²) in [5.74, 6) is -0.970. The van der Waals surface area contributed by atoms with Crippen LogP contribution in [0.5, 0.6) is 0 Å². The lowest BCUT2D eigenvalue weighted by atomic mass is 10.1. The number of hydrogen-bond acceptors (Lipinski definition) is 4. The summed E-state index contributed by atoms with van der Waals surface area (Å²) < 4.78 is 0. The Balaban J connectivity index is 2.12.